The van der Waals surface area contributed by atoms with Crippen molar-refractivity contribution in [2.75, 3.05) is 20.6 Å². The summed E-state index contributed by atoms with van der Waals surface area (Å²) in [5.74, 6) is -1.52. The third-order valence-electron chi connectivity index (χ3n) is 6.17. The molecule has 1 aliphatic heterocycles. The van der Waals surface area contributed by atoms with Crippen molar-refractivity contribution in [2.24, 2.45) is 0 Å². The third kappa shape index (κ3) is 5.30. The van der Waals surface area contributed by atoms with Gasteiger partial charge in [-0.15, -0.1) is 0 Å². The van der Waals surface area contributed by atoms with Gasteiger partial charge in [-0.05, 0) is 62.7 Å². The maximum atomic E-state index is 14.2. The Morgan fingerprint density at radius 2 is 1.86 bits per heavy atom. The number of nitrogens with zero attached hydrogens (tertiary/aromatic N) is 4. The van der Waals surface area contributed by atoms with Crippen molar-refractivity contribution < 1.29 is 32.2 Å². The van der Waals surface area contributed by atoms with E-state index in [1.165, 1.54) is 39.9 Å². The average Bonchev–Trinajstić information content (AvgIpc) is 3.40. The number of carboxylic acids is 1. The van der Waals surface area contributed by atoms with Crippen LogP contribution in [0.1, 0.15) is 32.0 Å². The molecule has 198 valence electrons. The number of sulfonamides is 1. The van der Waals surface area contributed by atoms with Crippen LogP contribution in [0.4, 0.5) is 4.39 Å². The van der Waals surface area contributed by atoms with Gasteiger partial charge in [-0.2, -0.15) is 9.40 Å². The number of aromatic nitrogens is 2. The van der Waals surface area contributed by atoms with Gasteiger partial charge in [0.15, 0.2) is 0 Å². The van der Waals surface area contributed by atoms with E-state index in [1.807, 2.05) is 13.8 Å². The minimum absolute atomic E-state index is 0.00347. The van der Waals surface area contributed by atoms with E-state index in [4.69, 9.17) is 4.74 Å². The van der Waals surface area contributed by atoms with Crippen LogP contribution in [-0.4, -0.2) is 77.2 Å². The molecule has 0 radical (unpaired) electrons. The monoisotopic (exact) mass is 532 g/mol. The van der Waals surface area contributed by atoms with E-state index in [0.717, 1.165) is 4.31 Å². The van der Waals surface area contributed by atoms with Gasteiger partial charge in [0, 0.05) is 26.0 Å². The van der Waals surface area contributed by atoms with Crippen LogP contribution < -0.4 is 4.74 Å². The number of hydrogen-bond donors (Lipinski definition) is 1. The zero-order valence-corrected chi connectivity index (χ0v) is 21.8. The van der Waals surface area contributed by atoms with E-state index < -0.39 is 39.8 Å². The van der Waals surface area contributed by atoms with E-state index in [9.17, 15) is 27.5 Å². The van der Waals surface area contributed by atoms with Crippen molar-refractivity contribution in [2.45, 2.75) is 49.8 Å². The molecule has 0 aliphatic carbocycles. The number of rotatable bonds is 8. The Kier molecular flexibility index (Phi) is 7.24. The molecule has 1 saturated heterocycles. The van der Waals surface area contributed by atoms with Gasteiger partial charge >= 0.3 is 5.97 Å². The van der Waals surface area contributed by atoms with E-state index in [2.05, 4.69) is 5.10 Å². The summed E-state index contributed by atoms with van der Waals surface area (Å²) >= 11 is 0. The summed E-state index contributed by atoms with van der Waals surface area (Å²) in [6.07, 6.45) is -0.372. The molecule has 0 unspecified atom stereocenters. The number of halogens is 1. The molecular formula is C25H29FN4O6S. The van der Waals surface area contributed by atoms with Gasteiger partial charge in [-0.1, -0.05) is 0 Å². The lowest BCUT2D eigenvalue weighted by atomic mass is 10.1. The Bertz CT molecular complexity index is 1440. The quantitative estimate of drug-likeness (QED) is 0.473. The Hall–Kier alpha value is -3.51. The first-order valence-corrected chi connectivity index (χ1v) is 13.2. The molecule has 1 aliphatic rings. The molecule has 0 spiro atoms. The fourth-order valence-electron chi connectivity index (χ4n) is 4.58. The summed E-state index contributed by atoms with van der Waals surface area (Å²) in [7, 11) is -1.02. The largest absolute Gasteiger partial charge is 0.491 e. The van der Waals surface area contributed by atoms with Gasteiger partial charge in [0.1, 0.15) is 17.6 Å². The lowest BCUT2D eigenvalue weighted by Gasteiger charge is -2.25. The molecule has 10 nitrogen and oxygen atoms in total. The van der Waals surface area contributed by atoms with Crippen molar-refractivity contribution in [3.05, 3.63) is 54.0 Å². The van der Waals surface area contributed by atoms with Gasteiger partial charge in [0.25, 0.3) is 0 Å². The van der Waals surface area contributed by atoms with Crippen LogP contribution in [0.25, 0.3) is 10.9 Å². The Morgan fingerprint density at radius 3 is 2.46 bits per heavy atom. The first-order valence-electron chi connectivity index (χ1n) is 11.8. The third-order valence-corrected chi connectivity index (χ3v) is 8.06. The van der Waals surface area contributed by atoms with E-state index >= 15 is 0 Å². The molecule has 37 heavy (non-hydrogen) atoms. The number of ether oxygens (including phenoxy) is 1. The van der Waals surface area contributed by atoms with Gasteiger partial charge in [0.2, 0.25) is 15.9 Å². The van der Waals surface area contributed by atoms with Gasteiger partial charge < -0.3 is 14.7 Å². The molecule has 2 heterocycles. The number of carbonyl (C=O) groups excluding carboxylic acids is 1. The fraction of sp³-hybridized carbons (Fsp3) is 0.400. The highest BCUT2D eigenvalue weighted by atomic mass is 32.2. The Morgan fingerprint density at radius 1 is 1.19 bits per heavy atom. The SMILES string of the molecule is CC(C)Oc1ccc(S(=O)(=O)N2C[C@H](n3nc(CC(=O)O)c4ccc(F)cc43)C[C@H]2C(=O)N(C)C)cc1. The summed E-state index contributed by atoms with van der Waals surface area (Å²) in [4.78, 5) is 25.8. The lowest BCUT2D eigenvalue weighted by molar-refractivity contribution is -0.136. The number of amides is 1. The highest BCUT2D eigenvalue weighted by Crippen LogP contribution is 2.36. The number of fused-ring (bicyclic) bond motifs is 1. The number of hydrogen-bond acceptors (Lipinski definition) is 6. The van der Waals surface area contributed by atoms with Crippen molar-refractivity contribution in [3.8, 4) is 5.75 Å². The molecule has 1 amide bonds. The standard InChI is InChI=1S/C25H29FN4O6S/c1-15(2)36-18-6-8-19(9-7-18)37(34,35)29-14-17(12-23(29)25(33)28(3)4)30-22-11-16(26)5-10-20(22)21(27-30)13-24(31)32/h5-11,15,17,23H,12-14H2,1-4H3,(H,31,32)/t17-,23+/m1/s1. The molecule has 12 heteroatoms. The van der Waals surface area contributed by atoms with Crippen molar-refractivity contribution in [1.29, 1.82) is 0 Å². The Balaban J connectivity index is 1.75. The van der Waals surface area contributed by atoms with Crippen LogP contribution in [0.15, 0.2) is 47.4 Å². The van der Waals surface area contributed by atoms with Crippen LogP contribution in [0.3, 0.4) is 0 Å². The van der Waals surface area contributed by atoms with Gasteiger partial charge in [-0.3, -0.25) is 14.3 Å². The molecule has 1 aromatic heterocycles. The molecule has 2 aromatic carbocycles. The predicted molar refractivity (Wildman–Crippen MR) is 133 cm³/mol. The summed E-state index contributed by atoms with van der Waals surface area (Å²) < 4.78 is 49.7. The molecule has 4 rings (SSSR count). The number of carboxylic acid groups (broad SMARTS) is 1. The second-order valence-corrected chi connectivity index (χ2v) is 11.4. The second kappa shape index (κ2) is 10.1. The van der Waals surface area contributed by atoms with E-state index in [1.54, 1.807) is 26.2 Å². The lowest BCUT2D eigenvalue weighted by Crippen LogP contribution is -2.45. The van der Waals surface area contributed by atoms with E-state index in [0.29, 0.717) is 16.7 Å². The number of benzene rings is 2. The molecule has 1 N–H and O–H groups in total. The van der Waals surface area contributed by atoms with Crippen molar-refractivity contribution >= 4 is 32.8 Å². The summed E-state index contributed by atoms with van der Waals surface area (Å²) in [5.41, 5.74) is 0.576. The smallest absolute Gasteiger partial charge is 0.309 e. The molecule has 3 aromatic rings. The first kappa shape index (κ1) is 26.6. The molecule has 0 bridgehead atoms. The summed E-state index contributed by atoms with van der Waals surface area (Å²) in [6, 6.07) is 8.25. The average molecular weight is 533 g/mol. The van der Waals surface area contributed by atoms with Crippen molar-refractivity contribution in [3.63, 3.8) is 0 Å². The first-order chi connectivity index (χ1) is 17.4. The van der Waals surface area contributed by atoms with Crippen LogP contribution in [0, 0.1) is 5.82 Å². The van der Waals surface area contributed by atoms with Crippen LogP contribution in [0.5, 0.6) is 5.75 Å². The van der Waals surface area contributed by atoms with E-state index in [-0.39, 0.29) is 36.1 Å². The predicted octanol–water partition coefficient (Wildman–Crippen LogP) is 2.68. The van der Waals surface area contributed by atoms with Gasteiger partial charge in [-0.25, -0.2) is 12.8 Å². The number of aliphatic carboxylic acids is 1. The maximum absolute atomic E-state index is 14.2. The number of carbonyl (C=O) groups is 2. The van der Waals surface area contributed by atoms with Gasteiger partial charge in [0.05, 0.1) is 34.7 Å². The van der Waals surface area contributed by atoms with Crippen molar-refractivity contribution in [1.82, 2.24) is 19.0 Å². The zero-order valence-electron chi connectivity index (χ0n) is 21.0. The topological polar surface area (TPSA) is 122 Å². The van der Waals surface area contributed by atoms with Crippen LogP contribution >= 0.6 is 0 Å². The molecule has 2 atom stereocenters. The fourth-order valence-corrected chi connectivity index (χ4v) is 6.21. The normalized spacial score (nSPS) is 18.4. The minimum atomic E-state index is -4.11. The van der Waals surface area contributed by atoms with Crippen LogP contribution in [-0.2, 0) is 26.0 Å². The van der Waals surface area contributed by atoms with Crippen LogP contribution in [0.2, 0.25) is 0 Å². The summed E-state index contributed by atoms with van der Waals surface area (Å²) in [5, 5.41) is 14.2. The Labute approximate surface area is 214 Å². The minimum Gasteiger partial charge on any atom is -0.491 e. The highest BCUT2D eigenvalue weighted by Gasteiger charge is 2.46. The molecule has 1 fully saturated rings. The molecular weight excluding hydrogens is 503 g/mol. The second-order valence-electron chi connectivity index (χ2n) is 9.47. The molecule has 0 saturated carbocycles. The zero-order chi connectivity index (χ0) is 27.1. The summed E-state index contributed by atoms with van der Waals surface area (Å²) in [6.45, 7) is 3.62. The maximum Gasteiger partial charge on any atom is 0.309 e. The highest BCUT2D eigenvalue weighted by molar-refractivity contribution is 7.89. The number of likely N-dealkylation sites (N-methyl/N-ethyl adjacent to an activating group) is 1.